The Hall–Kier alpha value is 0.304. The van der Waals surface area contributed by atoms with Crippen LogP contribution in [-0.4, -0.2) is 21.2 Å². The third-order valence-electron chi connectivity index (χ3n) is 4.43. The highest BCUT2D eigenvalue weighted by Gasteiger charge is 2.39. The second kappa shape index (κ2) is 6.14. The molecule has 0 spiro atoms. The lowest BCUT2D eigenvalue weighted by Crippen LogP contribution is -2.46. The van der Waals surface area contributed by atoms with Crippen LogP contribution in [0.2, 0.25) is 37.3 Å². The van der Waals surface area contributed by atoms with Crippen LogP contribution >= 0.6 is 12.2 Å². The highest BCUT2D eigenvalue weighted by molar-refractivity contribution is 7.78. The third kappa shape index (κ3) is 3.13. The van der Waals surface area contributed by atoms with Crippen LogP contribution in [0.25, 0.3) is 0 Å². The number of hydrogen-bond acceptors (Lipinski definition) is 1. The van der Waals surface area contributed by atoms with Crippen LogP contribution in [0.3, 0.4) is 0 Å². The first-order valence-corrected chi connectivity index (χ1v) is 12.4. The van der Waals surface area contributed by atoms with Gasteiger partial charge in [0.15, 0.2) is 0 Å². The molecule has 0 aromatic rings. The van der Waals surface area contributed by atoms with Gasteiger partial charge in [0.25, 0.3) is 0 Å². The fraction of sp³-hybridized carbons (Fsp3) is 0.833. The largest absolute Gasteiger partial charge is 0.0839 e. The second-order valence-corrected chi connectivity index (χ2v) is 15.8. The van der Waals surface area contributed by atoms with E-state index in [9.17, 15) is 0 Å². The van der Waals surface area contributed by atoms with Crippen molar-refractivity contribution in [3.05, 3.63) is 4.82 Å². The second-order valence-electron chi connectivity index (χ2n) is 5.01. The molecule has 0 radical (unpaired) electrons. The van der Waals surface area contributed by atoms with Crippen molar-refractivity contribution >= 4 is 33.4 Å². The Labute approximate surface area is 103 Å². The molecule has 0 aliphatic heterocycles. The van der Waals surface area contributed by atoms with Gasteiger partial charge in [-0.25, -0.2) is 0 Å². The van der Waals surface area contributed by atoms with Crippen LogP contribution in [0.4, 0.5) is 0 Å². The quantitative estimate of drug-likeness (QED) is 0.486. The van der Waals surface area contributed by atoms with Crippen LogP contribution in [0.15, 0.2) is 4.82 Å². The molecule has 0 saturated carbocycles. The summed E-state index contributed by atoms with van der Waals surface area (Å²) < 4.78 is 0. The summed E-state index contributed by atoms with van der Waals surface area (Å²) in [5, 5.41) is 3.21. The summed E-state index contributed by atoms with van der Waals surface area (Å²) in [5.41, 5.74) is 0. The summed E-state index contributed by atoms with van der Waals surface area (Å²) in [7, 11) is -2.48. The van der Waals surface area contributed by atoms with Gasteiger partial charge in [0.05, 0.1) is 16.1 Å². The van der Waals surface area contributed by atoms with Crippen molar-refractivity contribution in [3.8, 4) is 0 Å². The van der Waals surface area contributed by atoms with Gasteiger partial charge in [0.1, 0.15) is 0 Å². The third-order valence-corrected chi connectivity index (χ3v) is 17.5. The highest BCUT2D eigenvalue weighted by atomic mass is 32.1. The summed E-state index contributed by atoms with van der Waals surface area (Å²) in [6.07, 6.45) is 0. The zero-order valence-electron chi connectivity index (χ0n) is 11.2. The molecule has 15 heavy (non-hydrogen) atoms. The van der Waals surface area contributed by atoms with Crippen LogP contribution in [0, 0.1) is 0 Å². The monoisotopic (exact) mass is 258 g/mol. The zero-order valence-corrected chi connectivity index (χ0v) is 14.1. The maximum Gasteiger partial charge on any atom is 0.0839 e. The standard InChI is InChI=1S/C12H26SSi2/c1-7-14(5,8-2)12(11-13)15(6,9-3)10-4/h7-10H2,1-6H3. The Balaban J connectivity index is 5.34. The first-order chi connectivity index (χ1) is 6.94. The number of rotatable bonds is 6. The Morgan fingerprint density at radius 3 is 1.27 bits per heavy atom. The van der Waals surface area contributed by atoms with Crippen LogP contribution in [-0.2, 0) is 0 Å². The van der Waals surface area contributed by atoms with Gasteiger partial charge < -0.3 is 0 Å². The van der Waals surface area contributed by atoms with Crippen LogP contribution in [0.1, 0.15) is 27.7 Å². The van der Waals surface area contributed by atoms with E-state index in [0.717, 1.165) is 0 Å². The summed E-state index contributed by atoms with van der Waals surface area (Å²) in [4.78, 5) is 1.64. The van der Waals surface area contributed by atoms with Gasteiger partial charge in [0, 0.05) is 0 Å². The zero-order chi connectivity index (χ0) is 12.1. The summed E-state index contributed by atoms with van der Waals surface area (Å²) in [6.45, 7) is 14.3. The fourth-order valence-electron chi connectivity index (χ4n) is 2.18. The first-order valence-electron chi connectivity index (χ1n) is 6.20. The molecule has 0 saturated heterocycles. The van der Waals surface area contributed by atoms with Gasteiger partial charge in [-0.2, -0.15) is 0 Å². The van der Waals surface area contributed by atoms with E-state index in [1.807, 2.05) is 0 Å². The Kier molecular flexibility index (Phi) is 6.27. The molecule has 0 amide bonds. The molecule has 0 unspecified atom stereocenters. The number of hydrogen-bond donors (Lipinski definition) is 0. The molecule has 0 N–H and O–H groups in total. The Morgan fingerprint density at radius 2 is 1.13 bits per heavy atom. The van der Waals surface area contributed by atoms with Crippen molar-refractivity contribution in [3.63, 3.8) is 0 Å². The molecule has 3 heteroatoms. The van der Waals surface area contributed by atoms with E-state index >= 15 is 0 Å². The van der Waals surface area contributed by atoms with E-state index in [-0.39, 0.29) is 0 Å². The molecule has 0 aromatic heterocycles. The van der Waals surface area contributed by atoms with Crippen molar-refractivity contribution < 1.29 is 0 Å². The lowest BCUT2D eigenvalue weighted by molar-refractivity contribution is 1.23. The lowest BCUT2D eigenvalue weighted by atomic mass is 10.9. The minimum atomic E-state index is -1.24. The summed E-state index contributed by atoms with van der Waals surface area (Å²) >= 11 is 5.22. The van der Waals surface area contributed by atoms with E-state index in [0.29, 0.717) is 0 Å². The molecule has 0 aromatic carbocycles. The SMILES string of the molecule is CC[Si](C)(CC)C(=C=S)[Si](C)(CC)CC. The fourth-order valence-corrected chi connectivity index (χ4v) is 14.5. The average molecular weight is 259 g/mol. The average Bonchev–Trinajstić information content (AvgIpc) is 2.29. The number of thiocarbonyl (C=S) groups is 1. The molecular weight excluding hydrogens is 232 g/mol. The van der Waals surface area contributed by atoms with Crippen LogP contribution < -0.4 is 0 Å². The van der Waals surface area contributed by atoms with Gasteiger partial charge in [0.2, 0.25) is 0 Å². The predicted molar refractivity (Wildman–Crippen MR) is 81.3 cm³/mol. The topological polar surface area (TPSA) is 0 Å². The van der Waals surface area contributed by atoms with E-state index < -0.39 is 16.1 Å². The van der Waals surface area contributed by atoms with Crippen LogP contribution in [0.5, 0.6) is 0 Å². The van der Waals surface area contributed by atoms with Gasteiger partial charge >= 0.3 is 0 Å². The molecule has 0 bridgehead atoms. The van der Waals surface area contributed by atoms with Crippen molar-refractivity contribution in [1.82, 2.24) is 0 Å². The molecule has 0 atom stereocenters. The molecule has 0 aliphatic carbocycles. The molecule has 0 nitrogen and oxygen atoms in total. The normalized spacial score (nSPS) is 12.4. The smallest absolute Gasteiger partial charge is 0.0675 e. The van der Waals surface area contributed by atoms with E-state index in [4.69, 9.17) is 12.2 Å². The predicted octanol–water partition coefficient (Wildman–Crippen LogP) is 4.83. The lowest BCUT2D eigenvalue weighted by Gasteiger charge is -2.37. The molecule has 0 heterocycles. The minimum Gasteiger partial charge on any atom is -0.0675 e. The van der Waals surface area contributed by atoms with Crippen molar-refractivity contribution in [2.75, 3.05) is 0 Å². The van der Waals surface area contributed by atoms with E-state index in [1.54, 1.807) is 4.82 Å². The Bertz CT molecular complexity index is 226. The van der Waals surface area contributed by atoms with Crippen molar-refractivity contribution in [2.45, 2.75) is 65.0 Å². The minimum absolute atomic E-state index is 1.24. The molecule has 88 valence electrons. The highest BCUT2D eigenvalue weighted by Crippen LogP contribution is 2.33. The van der Waals surface area contributed by atoms with Crippen molar-refractivity contribution in [1.29, 1.82) is 0 Å². The van der Waals surface area contributed by atoms with Gasteiger partial charge in [-0.1, -0.05) is 70.0 Å². The van der Waals surface area contributed by atoms with Gasteiger partial charge in [-0.05, 0) is 17.0 Å². The first kappa shape index (κ1) is 15.3. The van der Waals surface area contributed by atoms with Gasteiger partial charge in [-0.3, -0.25) is 0 Å². The molecule has 0 rings (SSSR count). The maximum absolute atomic E-state index is 5.22. The molecule has 0 aliphatic rings. The maximum atomic E-state index is 5.22. The Morgan fingerprint density at radius 1 is 0.867 bits per heavy atom. The van der Waals surface area contributed by atoms with E-state index in [2.05, 4.69) is 45.8 Å². The van der Waals surface area contributed by atoms with Crippen molar-refractivity contribution in [2.24, 2.45) is 0 Å². The molecular formula is C12H26SSi2. The van der Waals surface area contributed by atoms with E-state index in [1.165, 1.54) is 24.2 Å². The molecule has 0 fully saturated rings. The summed E-state index contributed by atoms with van der Waals surface area (Å²) in [5.74, 6) is 0. The summed E-state index contributed by atoms with van der Waals surface area (Å²) in [6, 6.07) is 5.30. The van der Waals surface area contributed by atoms with Gasteiger partial charge in [-0.15, -0.1) is 0 Å².